The zero-order chi connectivity index (χ0) is 14.8. The van der Waals surface area contributed by atoms with Crippen LogP contribution in [0.15, 0.2) is 0 Å². The van der Waals surface area contributed by atoms with Gasteiger partial charge in [0.1, 0.15) is 12.2 Å². The van der Waals surface area contributed by atoms with Crippen molar-refractivity contribution in [2.24, 2.45) is 0 Å². The molecule has 21 heavy (non-hydrogen) atoms. The Balaban J connectivity index is 1.62. The predicted octanol–water partition coefficient (Wildman–Crippen LogP) is 1.63. The molecule has 2 fully saturated rings. The Morgan fingerprint density at radius 2 is 2.05 bits per heavy atom. The lowest BCUT2D eigenvalue weighted by molar-refractivity contribution is -0.208. The average molecular weight is 299 g/mol. The SMILES string of the molecule is N#CCCCOCC(COCC1CO1)OC1CCCCO1. The molecule has 120 valence electrons. The van der Waals surface area contributed by atoms with E-state index in [-0.39, 0.29) is 18.5 Å². The van der Waals surface area contributed by atoms with Gasteiger partial charge in [-0.3, -0.25) is 0 Å². The summed E-state index contributed by atoms with van der Waals surface area (Å²) in [5.41, 5.74) is 0. The Morgan fingerprint density at radius 1 is 1.19 bits per heavy atom. The van der Waals surface area contributed by atoms with E-state index in [9.17, 15) is 0 Å². The third kappa shape index (κ3) is 7.74. The Kier molecular flexibility index (Phi) is 8.00. The molecule has 3 unspecified atom stereocenters. The van der Waals surface area contributed by atoms with Gasteiger partial charge in [0.25, 0.3) is 0 Å². The van der Waals surface area contributed by atoms with Crippen LogP contribution in [0.5, 0.6) is 0 Å². The van der Waals surface area contributed by atoms with Crippen LogP contribution in [0.25, 0.3) is 0 Å². The van der Waals surface area contributed by atoms with Crippen LogP contribution in [0.1, 0.15) is 32.1 Å². The van der Waals surface area contributed by atoms with E-state index >= 15 is 0 Å². The summed E-state index contributed by atoms with van der Waals surface area (Å²) in [6.45, 7) is 3.69. The van der Waals surface area contributed by atoms with Gasteiger partial charge in [0.2, 0.25) is 0 Å². The van der Waals surface area contributed by atoms with Gasteiger partial charge in [-0.1, -0.05) is 0 Å². The fourth-order valence-electron chi connectivity index (χ4n) is 2.12. The van der Waals surface area contributed by atoms with Crippen molar-refractivity contribution in [1.82, 2.24) is 0 Å². The number of hydrogen-bond donors (Lipinski definition) is 0. The zero-order valence-corrected chi connectivity index (χ0v) is 12.5. The maximum Gasteiger partial charge on any atom is 0.158 e. The summed E-state index contributed by atoms with van der Waals surface area (Å²) < 4.78 is 27.8. The number of unbranched alkanes of at least 4 members (excludes halogenated alkanes) is 1. The first-order valence-electron chi connectivity index (χ1n) is 7.79. The minimum atomic E-state index is -0.146. The monoisotopic (exact) mass is 299 g/mol. The molecule has 2 aliphatic heterocycles. The fraction of sp³-hybridized carbons (Fsp3) is 0.933. The van der Waals surface area contributed by atoms with Gasteiger partial charge >= 0.3 is 0 Å². The van der Waals surface area contributed by atoms with Gasteiger partial charge in [0.15, 0.2) is 6.29 Å². The third-order valence-corrected chi connectivity index (χ3v) is 3.37. The smallest absolute Gasteiger partial charge is 0.158 e. The second kappa shape index (κ2) is 10.1. The van der Waals surface area contributed by atoms with Gasteiger partial charge in [-0.15, -0.1) is 0 Å². The van der Waals surface area contributed by atoms with Crippen molar-refractivity contribution in [3.8, 4) is 6.07 Å². The van der Waals surface area contributed by atoms with E-state index in [1.807, 2.05) is 0 Å². The van der Waals surface area contributed by atoms with Gasteiger partial charge < -0.3 is 23.7 Å². The maximum absolute atomic E-state index is 8.49. The Hall–Kier alpha value is -0.710. The number of nitrogens with zero attached hydrogens (tertiary/aromatic N) is 1. The molecule has 2 saturated heterocycles. The maximum atomic E-state index is 8.49. The van der Waals surface area contributed by atoms with E-state index in [1.54, 1.807) is 0 Å². The predicted molar refractivity (Wildman–Crippen MR) is 74.7 cm³/mol. The van der Waals surface area contributed by atoms with E-state index in [1.165, 1.54) is 0 Å². The molecular weight excluding hydrogens is 274 g/mol. The van der Waals surface area contributed by atoms with Crippen LogP contribution in [-0.4, -0.2) is 58.1 Å². The van der Waals surface area contributed by atoms with Crippen molar-refractivity contribution >= 4 is 0 Å². The van der Waals surface area contributed by atoms with Crippen LogP contribution < -0.4 is 0 Å². The number of ether oxygens (including phenoxy) is 5. The molecule has 0 N–H and O–H groups in total. The second-order valence-electron chi connectivity index (χ2n) is 5.38. The van der Waals surface area contributed by atoms with Crippen molar-refractivity contribution in [3.05, 3.63) is 0 Å². The molecule has 0 aromatic rings. The second-order valence-corrected chi connectivity index (χ2v) is 5.38. The molecule has 0 spiro atoms. The third-order valence-electron chi connectivity index (χ3n) is 3.37. The first-order chi connectivity index (χ1) is 10.4. The quantitative estimate of drug-likeness (QED) is 0.426. The summed E-state index contributed by atoms with van der Waals surface area (Å²) in [4.78, 5) is 0. The first kappa shape index (κ1) is 16.7. The van der Waals surface area contributed by atoms with Crippen molar-refractivity contribution < 1.29 is 23.7 Å². The molecule has 0 bridgehead atoms. The van der Waals surface area contributed by atoms with Gasteiger partial charge in [-0.05, 0) is 25.7 Å². The molecule has 0 radical (unpaired) electrons. The van der Waals surface area contributed by atoms with Gasteiger partial charge in [-0.2, -0.15) is 5.26 Å². The molecule has 0 saturated carbocycles. The Labute approximate surface area is 126 Å². The van der Waals surface area contributed by atoms with E-state index in [0.717, 1.165) is 38.9 Å². The van der Waals surface area contributed by atoms with Crippen LogP contribution in [-0.2, 0) is 23.7 Å². The summed E-state index contributed by atoms with van der Waals surface area (Å²) in [5.74, 6) is 0. The summed E-state index contributed by atoms with van der Waals surface area (Å²) in [7, 11) is 0. The summed E-state index contributed by atoms with van der Waals surface area (Å²) in [6.07, 6.45) is 4.42. The van der Waals surface area contributed by atoms with Crippen LogP contribution in [0.2, 0.25) is 0 Å². The Bertz CT molecular complexity index is 310. The highest BCUT2D eigenvalue weighted by Crippen LogP contribution is 2.16. The van der Waals surface area contributed by atoms with Gasteiger partial charge in [0, 0.05) is 19.6 Å². The van der Waals surface area contributed by atoms with Crippen LogP contribution >= 0.6 is 0 Å². The highest BCUT2D eigenvalue weighted by atomic mass is 16.7. The highest BCUT2D eigenvalue weighted by molar-refractivity contribution is 4.69. The highest BCUT2D eigenvalue weighted by Gasteiger charge is 2.24. The van der Waals surface area contributed by atoms with Crippen molar-refractivity contribution in [1.29, 1.82) is 5.26 Å². The molecule has 6 heteroatoms. The minimum absolute atomic E-state index is 0.131. The van der Waals surface area contributed by atoms with Gasteiger partial charge in [-0.25, -0.2) is 0 Å². The standard InChI is InChI=1S/C15H25NO5/c16-6-2-4-7-17-10-14(11-18-9-13-12-20-13)21-15-5-1-3-8-19-15/h13-15H,1-5,7-12H2. The molecule has 0 aromatic heterocycles. The molecule has 2 aliphatic rings. The zero-order valence-electron chi connectivity index (χ0n) is 12.5. The van der Waals surface area contributed by atoms with Crippen LogP contribution in [0, 0.1) is 11.3 Å². The van der Waals surface area contributed by atoms with Gasteiger partial charge in [0.05, 0.1) is 32.5 Å². The number of nitriles is 1. The van der Waals surface area contributed by atoms with E-state index in [2.05, 4.69) is 6.07 Å². The molecule has 0 amide bonds. The van der Waals surface area contributed by atoms with Crippen LogP contribution in [0.4, 0.5) is 0 Å². The molecule has 3 atom stereocenters. The summed E-state index contributed by atoms with van der Waals surface area (Å²) in [5, 5.41) is 8.49. The summed E-state index contributed by atoms with van der Waals surface area (Å²) in [6, 6.07) is 2.11. The molecule has 2 rings (SSSR count). The minimum Gasteiger partial charge on any atom is -0.379 e. The number of rotatable bonds is 11. The molecule has 0 aromatic carbocycles. The number of hydrogen-bond acceptors (Lipinski definition) is 6. The average Bonchev–Trinajstić information content (AvgIpc) is 3.32. The largest absolute Gasteiger partial charge is 0.379 e. The fourth-order valence-corrected chi connectivity index (χ4v) is 2.12. The van der Waals surface area contributed by atoms with Crippen molar-refractivity contribution in [3.63, 3.8) is 0 Å². The molecule has 6 nitrogen and oxygen atoms in total. The van der Waals surface area contributed by atoms with E-state index < -0.39 is 0 Å². The van der Waals surface area contributed by atoms with E-state index in [0.29, 0.717) is 32.8 Å². The molecule has 2 heterocycles. The van der Waals surface area contributed by atoms with Crippen molar-refractivity contribution in [2.45, 2.75) is 50.6 Å². The summed E-state index contributed by atoms with van der Waals surface area (Å²) >= 11 is 0. The Morgan fingerprint density at radius 3 is 2.76 bits per heavy atom. The lowest BCUT2D eigenvalue weighted by Gasteiger charge is -2.27. The normalized spacial score (nSPS) is 26.2. The van der Waals surface area contributed by atoms with Crippen molar-refractivity contribution in [2.75, 3.05) is 39.6 Å². The molecular formula is C15H25NO5. The van der Waals surface area contributed by atoms with Crippen LogP contribution in [0.3, 0.4) is 0 Å². The number of epoxide rings is 1. The van der Waals surface area contributed by atoms with E-state index in [4.69, 9.17) is 28.9 Å². The lowest BCUT2D eigenvalue weighted by Crippen LogP contribution is -2.34. The topological polar surface area (TPSA) is 73.2 Å². The molecule has 0 aliphatic carbocycles. The first-order valence-corrected chi connectivity index (χ1v) is 7.79. The lowest BCUT2D eigenvalue weighted by atomic mass is 10.2.